The van der Waals surface area contributed by atoms with Gasteiger partial charge in [0.05, 0.1) is 26.9 Å². The molecule has 0 amide bonds. The number of hydrogen-bond donors (Lipinski definition) is 1. The van der Waals surface area contributed by atoms with E-state index < -0.39 is 5.60 Å². The molecule has 0 radical (unpaired) electrons. The molecular formula is C27H35N3O5. The SMILES string of the molecule is COc1cc(CN2CCOCC(O)(COc3ccc(C)cc3)C2)ccc1OCCCn1cccn1. The number of hydrogen-bond acceptors (Lipinski definition) is 7. The van der Waals surface area contributed by atoms with Crippen molar-refractivity contribution >= 4 is 0 Å². The summed E-state index contributed by atoms with van der Waals surface area (Å²) in [6.07, 6.45) is 4.57. The number of aromatic nitrogens is 2. The van der Waals surface area contributed by atoms with E-state index in [-0.39, 0.29) is 13.2 Å². The Morgan fingerprint density at radius 2 is 1.97 bits per heavy atom. The van der Waals surface area contributed by atoms with Crippen LogP contribution in [-0.4, -0.2) is 72.0 Å². The van der Waals surface area contributed by atoms with E-state index in [1.54, 1.807) is 13.3 Å². The molecule has 1 aliphatic heterocycles. The quantitative estimate of drug-likeness (QED) is 0.421. The molecule has 3 aromatic rings. The summed E-state index contributed by atoms with van der Waals surface area (Å²) in [4.78, 5) is 2.19. The maximum atomic E-state index is 11.2. The molecule has 1 aromatic heterocycles. The van der Waals surface area contributed by atoms with Gasteiger partial charge in [-0.2, -0.15) is 5.10 Å². The zero-order chi connectivity index (χ0) is 24.5. The molecule has 1 fully saturated rings. The third-order valence-corrected chi connectivity index (χ3v) is 5.95. The Kier molecular flexibility index (Phi) is 8.63. The molecular weight excluding hydrogens is 446 g/mol. The van der Waals surface area contributed by atoms with Crippen molar-refractivity contribution in [3.63, 3.8) is 0 Å². The lowest BCUT2D eigenvalue weighted by molar-refractivity contribution is -0.0646. The molecule has 188 valence electrons. The molecule has 1 aliphatic rings. The zero-order valence-electron chi connectivity index (χ0n) is 20.6. The molecule has 0 bridgehead atoms. The highest BCUT2D eigenvalue weighted by atomic mass is 16.5. The number of β-amino-alcohol motifs (C(OH)–C–C–N with tert-alkyl or cyclic N) is 1. The Labute approximate surface area is 207 Å². The van der Waals surface area contributed by atoms with Crippen molar-refractivity contribution in [2.45, 2.75) is 32.0 Å². The van der Waals surface area contributed by atoms with E-state index in [4.69, 9.17) is 18.9 Å². The van der Waals surface area contributed by atoms with Gasteiger partial charge in [-0.05, 0) is 42.8 Å². The van der Waals surface area contributed by atoms with Crippen molar-refractivity contribution < 1.29 is 24.1 Å². The molecule has 2 aromatic carbocycles. The Balaban J connectivity index is 1.32. The maximum Gasteiger partial charge on any atom is 0.161 e. The largest absolute Gasteiger partial charge is 0.493 e. The van der Waals surface area contributed by atoms with Gasteiger partial charge >= 0.3 is 0 Å². The molecule has 1 saturated heterocycles. The first-order valence-corrected chi connectivity index (χ1v) is 12.0. The zero-order valence-corrected chi connectivity index (χ0v) is 20.6. The van der Waals surface area contributed by atoms with Crippen LogP contribution >= 0.6 is 0 Å². The van der Waals surface area contributed by atoms with E-state index in [0.717, 1.165) is 36.6 Å². The van der Waals surface area contributed by atoms with Crippen LogP contribution in [0.1, 0.15) is 17.5 Å². The van der Waals surface area contributed by atoms with Crippen LogP contribution in [-0.2, 0) is 17.8 Å². The Bertz CT molecular complexity index is 1040. The molecule has 0 saturated carbocycles. The van der Waals surface area contributed by atoms with E-state index in [2.05, 4.69) is 10.00 Å². The number of methoxy groups -OCH3 is 1. The minimum atomic E-state index is -1.09. The first-order chi connectivity index (χ1) is 17.0. The number of nitrogens with zero attached hydrogens (tertiary/aromatic N) is 3. The molecule has 1 N–H and O–H groups in total. The monoisotopic (exact) mass is 481 g/mol. The molecule has 0 spiro atoms. The fourth-order valence-corrected chi connectivity index (χ4v) is 4.10. The molecule has 8 heteroatoms. The normalized spacial score (nSPS) is 18.7. The van der Waals surface area contributed by atoms with Crippen molar-refractivity contribution in [2.75, 3.05) is 46.6 Å². The van der Waals surface area contributed by atoms with Gasteiger partial charge in [-0.3, -0.25) is 9.58 Å². The van der Waals surface area contributed by atoms with Crippen LogP contribution < -0.4 is 14.2 Å². The smallest absolute Gasteiger partial charge is 0.161 e. The second-order valence-corrected chi connectivity index (χ2v) is 9.05. The first-order valence-electron chi connectivity index (χ1n) is 12.0. The van der Waals surface area contributed by atoms with E-state index in [9.17, 15) is 5.11 Å². The molecule has 35 heavy (non-hydrogen) atoms. The van der Waals surface area contributed by atoms with Crippen LogP contribution in [0.3, 0.4) is 0 Å². The highest BCUT2D eigenvalue weighted by Crippen LogP contribution is 2.29. The summed E-state index contributed by atoms with van der Waals surface area (Å²) in [5, 5.41) is 15.4. The number of aliphatic hydroxyl groups is 1. The molecule has 4 rings (SSSR count). The minimum absolute atomic E-state index is 0.168. The van der Waals surface area contributed by atoms with E-state index >= 15 is 0 Å². The molecule has 0 aliphatic carbocycles. The van der Waals surface area contributed by atoms with Crippen molar-refractivity contribution in [1.29, 1.82) is 0 Å². The van der Waals surface area contributed by atoms with Crippen LogP contribution in [0.2, 0.25) is 0 Å². The van der Waals surface area contributed by atoms with Gasteiger partial charge in [0.25, 0.3) is 0 Å². The summed E-state index contributed by atoms with van der Waals surface area (Å²) in [5.41, 5.74) is 1.15. The van der Waals surface area contributed by atoms with Crippen molar-refractivity contribution in [1.82, 2.24) is 14.7 Å². The molecule has 2 heterocycles. The van der Waals surface area contributed by atoms with Crippen LogP contribution in [0.15, 0.2) is 60.9 Å². The summed E-state index contributed by atoms with van der Waals surface area (Å²) >= 11 is 0. The average molecular weight is 482 g/mol. The van der Waals surface area contributed by atoms with Crippen LogP contribution in [0.5, 0.6) is 17.2 Å². The lowest BCUT2D eigenvalue weighted by Crippen LogP contribution is -2.48. The third kappa shape index (κ3) is 7.45. The van der Waals surface area contributed by atoms with Gasteiger partial charge in [-0.1, -0.05) is 23.8 Å². The minimum Gasteiger partial charge on any atom is -0.493 e. The highest BCUT2D eigenvalue weighted by molar-refractivity contribution is 5.43. The average Bonchev–Trinajstić information content (AvgIpc) is 3.31. The summed E-state index contributed by atoms with van der Waals surface area (Å²) in [7, 11) is 1.65. The fraction of sp³-hybridized carbons (Fsp3) is 0.444. The van der Waals surface area contributed by atoms with Gasteiger partial charge in [-0.25, -0.2) is 0 Å². The Morgan fingerprint density at radius 1 is 1.11 bits per heavy atom. The van der Waals surface area contributed by atoms with Crippen molar-refractivity contribution in [3.05, 3.63) is 72.1 Å². The van der Waals surface area contributed by atoms with Crippen LogP contribution in [0.25, 0.3) is 0 Å². The Hall–Kier alpha value is -3.07. The summed E-state index contributed by atoms with van der Waals surface area (Å²) in [6.45, 7) is 6.21. The maximum absolute atomic E-state index is 11.2. The van der Waals surface area contributed by atoms with E-state index in [1.807, 2.05) is 66.3 Å². The van der Waals surface area contributed by atoms with Crippen molar-refractivity contribution in [3.8, 4) is 17.2 Å². The lowest BCUT2D eigenvalue weighted by atomic mass is 10.1. The van der Waals surface area contributed by atoms with Crippen molar-refractivity contribution in [2.24, 2.45) is 0 Å². The topological polar surface area (TPSA) is 78.2 Å². The standard InChI is InChI=1S/C27H35N3O5/c1-22-5-8-24(9-6-22)35-21-27(31)19-29(14-16-33-20-27)18-23-7-10-25(26(17-23)32-2)34-15-4-13-30-12-3-11-28-30/h3,5-12,17,31H,4,13-16,18-21H2,1-2H3. The fourth-order valence-electron chi connectivity index (χ4n) is 4.10. The molecule has 1 unspecified atom stereocenters. The predicted molar refractivity (Wildman–Crippen MR) is 133 cm³/mol. The second-order valence-electron chi connectivity index (χ2n) is 9.05. The van der Waals surface area contributed by atoms with Crippen LogP contribution in [0, 0.1) is 6.92 Å². The van der Waals surface area contributed by atoms with Crippen LogP contribution in [0.4, 0.5) is 0 Å². The van der Waals surface area contributed by atoms with Gasteiger partial charge in [0.1, 0.15) is 18.0 Å². The lowest BCUT2D eigenvalue weighted by Gasteiger charge is -2.30. The number of ether oxygens (including phenoxy) is 4. The summed E-state index contributed by atoms with van der Waals surface area (Å²) in [6, 6.07) is 15.7. The van der Waals surface area contributed by atoms with Gasteiger partial charge in [0, 0.05) is 45.0 Å². The summed E-state index contributed by atoms with van der Waals surface area (Å²) < 4.78 is 25.0. The number of benzene rings is 2. The molecule has 1 atom stereocenters. The predicted octanol–water partition coefficient (Wildman–Crippen LogP) is 3.31. The van der Waals surface area contributed by atoms with Gasteiger partial charge in [-0.15, -0.1) is 0 Å². The summed E-state index contributed by atoms with van der Waals surface area (Å²) in [5.74, 6) is 2.16. The Morgan fingerprint density at radius 3 is 2.74 bits per heavy atom. The number of aryl methyl sites for hydroxylation is 2. The van der Waals surface area contributed by atoms with Gasteiger partial charge < -0.3 is 24.1 Å². The van der Waals surface area contributed by atoms with Gasteiger partial charge in [0.15, 0.2) is 11.5 Å². The van der Waals surface area contributed by atoms with E-state index in [1.165, 1.54) is 5.56 Å². The molecule has 8 nitrogen and oxygen atoms in total. The van der Waals surface area contributed by atoms with E-state index in [0.29, 0.717) is 32.1 Å². The number of rotatable bonds is 11. The highest BCUT2D eigenvalue weighted by Gasteiger charge is 2.33. The first kappa shape index (κ1) is 25.0. The third-order valence-electron chi connectivity index (χ3n) is 5.95. The van der Waals surface area contributed by atoms with Gasteiger partial charge in [0.2, 0.25) is 0 Å². The second kappa shape index (κ2) is 12.1.